The number of amides is 1. The highest BCUT2D eigenvalue weighted by Crippen LogP contribution is 2.35. The second-order valence-corrected chi connectivity index (χ2v) is 5.67. The molecule has 1 saturated heterocycles. The number of carbonyl (C=O) groups is 2. The highest BCUT2D eigenvalue weighted by atomic mass is 16.4. The van der Waals surface area contributed by atoms with Crippen LogP contribution in [0.25, 0.3) is 0 Å². The van der Waals surface area contributed by atoms with Crippen LogP contribution in [0.15, 0.2) is 0 Å². The number of unbranched alkanes of at least 4 members (excludes halogenated alkanes) is 1. The predicted molar refractivity (Wildman–Crippen MR) is 69.1 cm³/mol. The van der Waals surface area contributed by atoms with E-state index in [1.165, 1.54) is 0 Å². The van der Waals surface area contributed by atoms with Gasteiger partial charge in [-0.05, 0) is 37.6 Å². The summed E-state index contributed by atoms with van der Waals surface area (Å²) in [6.07, 6.45) is 3.66. The Labute approximate surface area is 108 Å². The number of likely N-dealkylation sites (tertiary alicyclic amines) is 1. The smallest absolute Gasteiger partial charge is 0.326 e. The van der Waals surface area contributed by atoms with Crippen molar-refractivity contribution in [3.05, 3.63) is 0 Å². The van der Waals surface area contributed by atoms with Crippen molar-refractivity contribution in [2.75, 3.05) is 13.1 Å². The van der Waals surface area contributed by atoms with Gasteiger partial charge in [0, 0.05) is 13.0 Å². The van der Waals surface area contributed by atoms with Crippen molar-refractivity contribution >= 4 is 11.9 Å². The highest BCUT2D eigenvalue weighted by Gasteiger charge is 2.44. The molecule has 3 N–H and O–H groups in total. The minimum atomic E-state index is -0.896. The fraction of sp³-hybridized carbons (Fsp3) is 0.846. The number of carboxylic acids is 1. The molecule has 18 heavy (non-hydrogen) atoms. The van der Waals surface area contributed by atoms with Crippen molar-refractivity contribution in [1.29, 1.82) is 0 Å². The van der Waals surface area contributed by atoms with Crippen molar-refractivity contribution < 1.29 is 14.7 Å². The highest BCUT2D eigenvalue weighted by molar-refractivity contribution is 5.84. The number of nitrogens with two attached hydrogens (primary N) is 1. The summed E-state index contributed by atoms with van der Waals surface area (Å²) in [6, 6.07) is -0.698. The van der Waals surface area contributed by atoms with E-state index in [2.05, 4.69) is 0 Å². The molecule has 0 aromatic heterocycles. The number of hydrogen-bond acceptors (Lipinski definition) is 3. The average molecular weight is 256 g/mol. The van der Waals surface area contributed by atoms with Crippen LogP contribution < -0.4 is 5.73 Å². The zero-order chi connectivity index (χ0) is 13.8. The lowest BCUT2D eigenvalue weighted by molar-refractivity contribution is -0.158. The molecule has 1 aliphatic rings. The Bertz CT molecular complexity index is 315. The Kier molecular flexibility index (Phi) is 5.14. The first kappa shape index (κ1) is 15.0. The van der Waals surface area contributed by atoms with Crippen molar-refractivity contribution in [2.45, 2.75) is 52.0 Å². The molecule has 1 rings (SSSR count). The first-order chi connectivity index (χ1) is 8.40. The van der Waals surface area contributed by atoms with Crippen LogP contribution in [-0.2, 0) is 9.59 Å². The van der Waals surface area contributed by atoms with Gasteiger partial charge in [-0.25, -0.2) is 4.79 Å². The molecule has 0 bridgehead atoms. The lowest BCUT2D eigenvalue weighted by Crippen LogP contribution is -2.56. The number of carbonyl (C=O) groups excluding carboxylic acids is 1. The van der Waals surface area contributed by atoms with Gasteiger partial charge in [0.05, 0.1) is 0 Å². The van der Waals surface area contributed by atoms with Crippen molar-refractivity contribution in [3.8, 4) is 0 Å². The number of carboxylic acid groups (broad SMARTS) is 1. The summed E-state index contributed by atoms with van der Waals surface area (Å²) >= 11 is 0. The number of piperidine rings is 1. The molecule has 5 heteroatoms. The SMILES string of the molecule is CC1(C)CCCN(C(=O)CCCCN)C1C(=O)O. The fourth-order valence-corrected chi connectivity index (χ4v) is 2.69. The van der Waals surface area contributed by atoms with Crippen LogP contribution in [0.1, 0.15) is 46.0 Å². The molecule has 104 valence electrons. The van der Waals surface area contributed by atoms with Gasteiger partial charge in [0.1, 0.15) is 6.04 Å². The number of rotatable bonds is 5. The third kappa shape index (κ3) is 3.45. The molecular formula is C13H24N2O3. The Morgan fingerprint density at radius 1 is 1.39 bits per heavy atom. The van der Waals surface area contributed by atoms with Gasteiger partial charge in [-0.1, -0.05) is 13.8 Å². The van der Waals surface area contributed by atoms with Crippen LogP contribution in [0, 0.1) is 5.41 Å². The van der Waals surface area contributed by atoms with E-state index in [9.17, 15) is 14.7 Å². The maximum Gasteiger partial charge on any atom is 0.326 e. The van der Waals surface area contributed by atoms with E-state index >= 15 is 0 Å². The molecule has 1 fully saturated rings. The summed E-state index contributed by atoms with van der Waals surface area (Å²) in [5, 5.41) is 9.35. The summed E-state index contributed by atoms with van der Waals surface area (Å²) in [5.41, 5.74) is 5.04. The number of hydrogen-bond donors (Lipinski definition) is 2. The zero-order valence-corrected chi connectivity index (χ0v) is 11.3. The summed E-state index contributed by atoms with van der Waals surface area (Å²) in [7, 11) is 0. The lowest BCUT2D eigenvalue weighted by Gasteiger charge is -2.44. The van der Waals surface area contributed by atoms with E-state index in [-0.39, 0.29) is 11.3 Å². The maximum absolute atomic E-state index is 12.1. The second kappa shape index (κ2) is 6.18. The third-order valence-electron chi connectivity index (χ3n) is 3.67. The van der Waals surface area contributed by atoms with Gasteiger partial charge in [-0.2, -0.15) is 0 Å². The first-order valence-corrected chi connectivity index (χ1v) is 6.62. The van der Waals surface area contributed by atoms with E-state index in [0.717, 1.165) is 25.7 Å². The minimum Gasteiger partial charge on any atom is -0.480 e. The zero-order valence-electron chi connectivity index (χ0n) is 11.3. The van der Waals surface area contributed by atoms with E-state index in [1.807, 2.05) is 13.8 Å². The van der Waals surface area contributed by atoms with Crippen LogP contribution >= 0.6 is 0 Å². The quantitative estimate of drug-likeness (QED) is 0.724. The number of nitrogens with zero attached hydrogens (tertiary/aromatic N) is 1. The summed E-state index contributed by atoms with van der Waals surface area (Å²) in [6.45, 7) is 4.97. The maximum atomic E-state index is 12.1. The molecular weight excluding hydrogens is 232 g/mol. The molecule has 0 aromatic carbocycles. The summed E-state index contributed by atoms with van der Waals surface area (Å²) in [5.74, 6) is -0.949. The van der Waals surface area contributed by atoms with Gasteiger partial charge >= 0.3 is 5.97 Å². The van der Waals surface area contributed by atoms with Crippen LogP contribution in [0.5, 0.6) is 0 Å². The van der Waals surface area contributed by atoms with Crippen LogP contribution in [0.4, 0.5) is 0 Å². The Hall–Kier alpha value is -1.10. The van der Waals surface area contributed by atoms with Crippen LogP contribution in [-0.4, -0.2) is 41.0 Å². The largest absolute Gasteiger partial charge is 0.480 e. The molecule has 1 amide bonds. The Morgan fingerprint density at radius 3 is 2.61 bits per heavy atom. The van der Waals surface area contributed by atoms with Gasteiger partial charge < -0.3 is 15.7 Å². The molecule has 0 aromatic rings. The molecule has 1 aliphatic heterocycles. The molecule has 5 nitrogen and oxygen atoms in total. The minimum absolute atomic E-state index is 0.0522. The average Bonchev–Trinajstić information content (AvgIpc) is 2.26. The number of aliphatic carboxylic acids is 1. The fourth-order valence-electron chi connectivity index (χ4n) is 2.69. The van der Waals surface area contributed by atoms with Gasteiger partial charge in [0.2, 0.25) is 5.91 Å². The van der Waals surface area contributed by atoms with Crippen LogP contribution in [0.3, 0.4) is 0 Å². The molecule has 1 heterocycles. The molecule has 1 atom stereocenters. The lowest BCUT2D eigenvalue weighted by atomic mass is 9.76. The molecule has 0 saturated carbocycles. The normalized spacial score (nSPS) is 22.8. The predicted octanol–water partition coefficient (Wildman–Crippen LogP) is 1.22. The monoisotopic (exact) mass is 256 g/mol. The van der Waals surface area contributed by atoms with E-state index in [0.29, 0.717) is 19.5 Å². The second-order valence-electron chi connectivity index (χ2n) is 5.67. The van der Waals surface area contributed by atoms with Crippen molar-refractivity contribution in [3.63, 3.8) is 0 Å². The van der Waals surface area contributed by atoms with Gasteiger partial charge in [0.15, 0.2) is 0 Å². The van der Waals surface area contributed by atoms with Gasteiger partial charge in [-0.3, -0.25) is 4.79 Å². The van der Waals surface area contributed by atoms with Gasteiger partial charge in [0.25, 0.3) is 0 Å². The molecule has 0 aliphatic carbocycles. The van der Waals surface area contributed by atoms with E-state index in [1.54, 1.807) is 4.90 Å². The molecule has 1 unspecified atom stereocenters. The van der Waals surface area contributed by atoms with Crippen molar-refractivity contribution in [1.82, 2.24) is 4.90 Å². The summed E-state index contributed by atoms with van der Waals surface area (Å²) < 4.78 is 0. The third-order valence-corrected chi connectivity index (χ3v) is 3.67. The topological polar surface area (TPSA) is 83.6 Å². The Balaban J connectivity index is 2.72. The van der Waals surface area contributed by atoms with Gasteiger partial charge in [-0.15, -0.1) is 0 Å². The van der Waals surface area contributed by atoms with E-state index in [4.69, 9.17) is 5.73 Å². The van der Waals surface area contributed by atoms with Crippen molar-refractivity contribution in [2.24, 2.45) is 11.1 Å². The standard InChI is InChI=1S/C13H24N2O3/c1-13(2)7-5-9-15(11(13)12(17)18)10(16)6-3-4-8-14/h11H,3-9,14H2,1-2H3,(H,17,18). The van der Waals surface area contributed by atoms with E-state index < -0.39 is 12.0 Å². The first-order valence-electron chi connectivity index (χ1n) is 6.62. The molecule has 0 spiro atoms. The van der Waals surface area contributed by atoms with Crippen LogP contribution in [0.2, 0.25) is 0 Å². The summed E-state index contributed by atoms with van der Waals surface area (Å²) in [4.78, 5) is 25.0. The Morgan fingerprint density at radius 2 is 2.06 bits per heavy atom. The molecule has 0 radical (unpaired) electrons.